The number of hydrogen-bond acceptors (Lipinski definition) is 3. The molecule has 2 rings (SSSR count). The number of nitrogen functional groups attached to an aromatic ring is 1. The van der Waals surface area contributed by atoms with Crippen LogP contribution in [-0.2, 0) is 0 Å². The number of anilines is 1. The summed E-state index contributed by atoms with van der Waals surface area (Å²) in [6.07, 6.45) is 3.22. The smallest absolute Gasteiger partial charge is 0.167 e. The second-order valence-electron chi connectivity index (χ2n) is 3.10. The van der Waals surface area contributed by atoms with E-state index >= 15 is 0 Å². The van der Waals surface area contributed by atoms with Crippen molar-refractivity contribution in [3.05, 3.63) is 44.7 Å². The molecule has 5 heteroatoms. The maximum atomic E-state index is 5.79. The zero-order valence-corrected chi connectivity index (χ0v) is 11.9. The van der Waals surface area contributed by atoms with Gasteiger partial charge in [-0.3, -0.25) is 4.98 Å². The molecule has 1 aromatic carbocycles. The molecule has 3 nitrogen and oxygen atoms in total. The Kier molecular flexibility index (Phi) is 3.65. The van der Waals surface area contributed by atoms with Crippen molar-refractivity contribution in [3.8, 4) is 11.5 Å². The van der Waals surface area contributed by atoms with Crippen LogP contribution in [-0.4, -0.2) is 4.98 Å². The molecule has 0 spiro atoms. The van der Waals surface area contributed by atoms with Gasteiger partial charge in [0.25, 0.3) is 0 Å². The molecule has 0 saturated carbocycles. The summed E-state index contributed by atoms with van der Waals surface area (Å²) in [6, 6.07) is 7.75. The third-order valence-electron chi connectivity index (χ3n) is 1.90. The second kappa shape index (κ2) is 5.01. The van der Waals surface area contributed by atoms with Gasteiger partial charge in [0.15, 0.2) is 5.75 Å². The van der Waals surface area contributed by atoms with Crippen molar-refractivity contribution in [2.45, 2.75) is 0 Å². The lowest BCUT2D eigenvalue weighted by Crippen LogP contribution is -1.94. The first-order valence-electron chi connectivity index (χ1n) is 4.49. The van der Waals surface area contributed by atoms with Crippen molar-refractivity contribution in [3.63, 3.8) is 0 Å². The zero-order chi connectivity index (χ0) is 11.5. The summed E-state index contributed by atoms with van der Waals surface area (Å²) >= 11 is 5.58. The summed E-state index contributed by atoms with van der Waals surface area (Å²) in [5.74, 6) is 1.35. The van der Waals surface area contributed by atoms with Crippen molar-refractivity contribution in [2.24, 2.45) is 0 Å². The van der Waals surface area contributed by atoms with Gasteiger partial charge >= 0.3 is 0 Å². The molecule has 0 radical (unpaired) electrons. The summed E-state index contributed by atoms with van der Waals surface area (Å²) in [4.78, 5) is 3.95. The molecule has 0 atom stereocenters. The number of benzene rings is 1. The minimum Gasteiger partial charge on any atom is -0.454 e. The normalized spacial score (nSPS) is 10.1. The Hall–Kier alpha value is -0.820. The first-order chi connectivity index (χ1) is 7.66. The van der Waals surface area contributed by atoms with Crippen molar-refractivity contribution >= 4 is 44.2 Å². The van der Waals surface area contributed by atoms with Crippen LogP contribution in [0.15, 0.2) is 41.1 Å². The maximum Gasteiger partial charge on any atom is 0.167 e. The van der Waals surface area contributed by atoms with Crippen molar-refractivity contribution in [1.29, 1.82) is 0 Å². The number of rotatable bonds is 2. The largest absolute Gasteiger partial charge is 0.454 e. The number of hydrogen-bond donors (Lipinski definition) is 1. The van der Waals surface area contributed by atoms with E-state index in [1.807, 2.05) is 24.3 Å². The molecular weight excluding hydrogens is 383 g/mol. The Morgan fingerprint density at radius 2 is 2.12 bits per heavy atom. The fourth-order valence-electron chi connectivity index (χ4n) is 1.19. The molecule has 2 aromatic rings. The molecule has 0 unspecified atom stereocenters. The monoisotopic (exact) mass is 390 g/mol. The molecule has 16 heavy (non-hydrogen) atoms. The summed E-state index contributed by atoms with van der Waals surface area (Å²) in [6.45, 7) is 0. The molecule has 0 saturated heterocycles. The van der Waals surface area contributed by atoms with Gasteiger partial charge in [-0.15, -0.1) is 0 Å². The van der Waals surface area contributed by atoms with E-state index in [0.29, 0.717) is 11.4 Å². The van der Waals surface area contributed by atoms with Crippen LogP contribution in [0.2, 0.25) is 0 Å². The van der Waals surface area contributed by atoms with E-state index in [1.54, 1.807) is 12.4 Å². The summed E-state index contributed by atoms with van der Waals surface area (Å²) < 4.78 is 7.56. The van der Waals surface area contributed by atoms with Crippen LogP contribution in [0.3, 0.4) is 0 Å². The van der Waals surface area contributed by atoms with Crippen LogP contribution in [0.4, 0.5) is 5.69 Å². The Balaban J connectivity index is 2.34. The predicted molar refractivity (Wildman–Crippen MR) is 75.6 cm³/mol. The second-order valence-corrected chi connectivity index (χ2v) is 5.20. The molecule has 0 fully saturated rings. The highest BCUT2D eigenvalue weighted by atomic mass is 127. The lowest BCUT2D eigenvalue weighted by atomic mass is 10.3. The number of ether oxygens (including phenoxy) is 1. The molecule has 2 N–H and O–H groups in total. The van der Waals surface area contributed by atoms with Crippen LogP contribution >= 0.6 is 38.5 Å². The van der Waals surface area contributed by atoms with Gasteiger partial charge in [-0.1, -0.05) is 6.07 Å². The van der Waals surface area contributed by atoms with Gasteiger partial charge in [-0.2, -0.15) is 0 Å². The first-order valence-corrected chi connectivity index (χ1v) is 6.36. The molecule has 0 amide bonds. The molecule has 1 heterocycles. The van der Waals surface area contributed by atoms with Gasteiger partial charge in [0.1, 0.15) is 5.75 Å². The van der Waals surface area contributed by atoms with Gasteiger partial charge in [0, 0.05) is 9.77 Å². The van der Waals surface area contributed by atoms with E-state index in [0.717, 1.165) is 13.8 Å². The van der Waals surface area contributed by atoms with Crippen LogP contribution < -0.4 is 10.5 Å². The quantitative estimate of drug-likeness (QED) is 0.793. The Labute approximate surface area is 115 Å². The fraction of sp³-hybridized carbons (Fsp3) is 0. The van der Waals surface area contributed by atoms with Crippen LogP contribution in [0.25, 0.3) is 0 Å². The third-order valence-corrected chi connectivity index (χ3v) is 3.13. The molecule has 0 aliphatic carbocycles. The van der Waals surface area contributed by atoms with E-state index in [4.69, 9.17) is 10.5 Å². The summed E-state index contributed by atoms with van der Waals surface area (Å²) in [5.41, 5.74) is 6.30. The lowest BCUT2D eigenvalue weighted by molar-refractivity contribution is 0.481. The minimum absolute atomic E-state index is 0.508. The highest BCUT2D eigenvalue weighted by molar-refractivity contribution is 14.1. The van der Waals surface area contributed by atoms with E-state index in [2.05, 4.69) is 43.5 Å². The van der Waals surface area contributed by atoms with Crippen molar-refractivity contribution < 1.29 is 4.74 Å². The Morgan fingerprint density at radius 1 is 1.31 bits per heavy atom. The molecule has 0 bridgehead atoms. The predicted octanol–water partition coefficient (Wildman–Crippen LogP) is 3.82. The maximum absolute atomic E-state index is 5.79. The first kappa shape index (κ1) is 11.7. The molecule has 0 aliphatic rings. The van der Waals surface area contributed by atoms with Gasteiger partial charge in [-0.25, -0.2) is 0 Å². The molecule has 1 aromatic heterocycles. The van der Waals surface area contributed by atoms with E-state index in [9.17, 15) is 0 Å². The number of nitrogens with two attached hydrogens (primary N) is 1. The highest BCUT2D eigenvalue weighted by Gasteiger charge is 2.07. The number of halogens is 2. The fourth-order valence-corrected chi connectivity index (χ4v) is 2.14. The van der Waals surface area contributed by atoms with Crippen LogP contribution in [0.1, 0.15) is 0 Å². The number of pyridine rings is 1. The molecule has 82 valence electrons. The lowest BCUT2D eigenvalue weighted by Gasteiger charge is -2.09. The molecular formula is C11H8BrIN2O. The average Bonchev–Trinajstić information content (AvgIpc) is 2.24. The van der Waals surface area contributed by atoms with Gasteiger partial charge in [0.05, 0.1) is 16.4 Å². The highest BCUT2D eigenvalue weighted by Crippen LogP contribution is 2.34. The van der Waals surface area contributed by atoms with Crippen molar-refractivity contribution in [2.75, 3.05) is 5.73 Å². The Morgan fingerprint density at radius 3 is 2.81 bits per heavy atom. The Bertz CT molecular complexity index is 499. The standard InChI is InChI=1S/C11H8BrIN2O/c12-9-5-15-6-10(14)11(9)16-8-3-1-2-7(13)4-8/h1-6H,14H2. The topological polar surface area (TPSA) is 48.1 Å². The summed E-state index contributed by atoms with van der Waals surface area (Å²) in [5, 5.41) is 0. The van der Waals surface area contributed by atoms with E-state index in [1.165, 1.54) is 0 Å². The zero-order valence-electron chi connectivity index (χ0n) is 8.15. The number of nitrogens with zero attached hydrogens (tertiary/aromatic N) is 1. The average molecular weight is 391 g/mol. The third kappa shape index (κ3) is 2.65. The van der Waals surface area contributed by atoms with Crippen molar-refractivity contribution in [1.82, 2.24) is 4.98 Å². The summed E-state index contributed by atoms with van der Waals surface area (Å²) in [7, 11) is 0. The minimum atomic E-state index is 0.508. The van der Waals surface area contributed by atoms with Gasteiger partial charge in [-0.05, 0) is 56.7 Å². The van der Waals surface area contributed by atoms with E-state index < -0.39 is 0 Å². The van der Waals surface area contributed by atoms with Gasteiger partial charge < -0.3 is 10.5 Å². The number of aromatic nitrogens is 1. The SMILES string of the molecule is Nc1cncc(Br)c1Oc1cccc(I)c1. The van der Waals surface area contributed by atoms with Crippen LogP contribution in [0.5, 0.6) is 11.5 Å². The van der Waals surface area contributed by atoms with Crippen LogP contribution in [0, 0.1) is 3.57 Å². The molecule has 0 aliphatic heterocycles. The van der Waals surface area contributed by atoms with E-state index in [-0.39, 0.29) is 0 Å². The van der Waals surface area contributed by atoms with Gasteiger partial charge in [0.2, 0.25) is 0 Å².